The van der Waals surface area contributed by atoms with E-state index in [1.54, 1.807) is 0 Å². The predicted octanol–water partition coefficient (Wildman–Crippen LogP) is 4.28. The van der Waals surface area contributed by atoms with Crippen molar-refractivity contribution in [2.75, 3.05) is 10.6 Å². The van der Waals surface area contributed by atoms with E-state index in [1.807, 2.05) is 61.5 Å². The minimum atomic E-state index is -1.11. The van der Waals surface area contributed by atoms with E-state index in [9.17, 15) is 14.7 Å². The zero-order valence-electron chi connectivity index (χ0n) is 14.7. The Balaban J connectivity index is 2.05. The van der Waals surface area contributed by atoms with Crippen molar-refractivity contribution >= 4 is 34.6 Å². The van der Waals surface area contributed by atoms with Gasteiger partial charge >= 0.3 is 5.97 Å². The second-order valence-electron chi connectivity index (χ2n) is 6.09. The van der Waals surface area contributed by atoms with Crippen LogP contribution in [0.4, 0.5) is 22.7 Å². The van der Waals surface area contributed by atoms with Crippen LogP contribution in [0.25, 0.3) is 0 Å². The zero-order valence-corrected chi connectivity index (χ0v) is 14.7. The summed E-state index contributed by atoms with van der Waals surface area (Å²) in [6.07, 6.45) is 0. The number of carbonyl (C=O) groups is 2. The topological polar surface area (TPSA) is 104 Å². The van der Waals surface area contributed by atoms with Gasteiger partial charge in [-0.3, -0.25) is 4.79 Å². The molecule has 0 aromatic heterocycles. The number of carboxylic acids is 1. The molecule has 0 aliphatic heterocycles. The highest BCUT2D eigenvalue weighted by Crippen LogP contribution is 2.30. The molecule has 0 bridgehead atoms. The third-order valence-corrected chi connectivity index (χ3v) is 4.04. The summed E-state index contributed by atoms with van der Waals surface area (Å²) in [5.74, 6) is -1.77. The van der Waals surface area contributed by atoms with E-state index in [4.69, 9.17) is 5.73 Å². The molecule has 27 heavy (non-hydrogen) atoms. The Morgan fingerprint density at radius 2 is 1.33 bits per heavy atom. The van der Waals surface area contributed by atoms with E-state index in [2.05, 4.69) is 10.6 Å². The van der Waals surface area contributed by atoms with Crippen molar-refractivity contribution in [2.45, 2.75) is 6.92 Å². The molecule has 0 saturated carbocycles. The van der Waals surface area contributed by atoms with Crippen LogP contribution >= 0.6 is 0 Å². The summed E-state index contributed by atoms with van der Waals surface area (Å²) in [6.45, 7) is 1.96. The van der Waals surface area contributed by atoms with Crippen LogP contribution in [0.1, 0.15) is 26.3 Å². The summed E-state index contributed by atoms with van der Waals surface area (Å²) in [5.41, 5.74) is 8.88. The first kappa shape index (κ1) is 18.0. The molecule has 3 aromatic rings. The molecule has 0 aliphatic carbocycles. The van der Waals surface area contributed by atoms with Gasteiger partial charge in [-0.2, -0.15) is 0 Å². The van der Waals surface area contributed by atoms with Crippen LogP contribution in [-0.2, 0) is 0 Å². The number of benzene rings is 3. The molecule has 0 fully saturated rings. The average Bonchev–Trinajstić information content (AvgIpc) is 2.65. The largest absolute Gasteiger partial charge is 0.478 e. The average molecular weight is 361 g/mol. The van der Waals surface area contributed by atoms with Crippen LogP contribution in [0.15, 0.2) is 66.7 Å². The highest BCUT2D eigenvalue weighted by atomic mass is 16.4. The number of para-hydroxylation sites is 1. The van der Waals surface area contributed by atoms with Gasteiger partial charge in [-0.05, 0) is 43.3 Å². The lowest BCUT2D eigenvalue weighted by molar-refractivity contribution is 0.0697. The summed E-state index contributed by atoms with van der Waals surface area (Å²) < 4.78 is 0. The van der Waals surface area contributed by atoms with Crippen LogP contribution in [0.3, 0.4) is 0 Å². The smallest absolute Gasteiger partial charge is 0.337 e. The van der Waals surface area contributed by atoms with Crippen molar-refractivity contribution in [3.05, 3.63) is 83.4 Å². The standard InChI is InChI=1S/C21H19N3O3/c1-13-7-9-15(10-8-13)24-19-11-16(20(22)25)18(12-17(19)21(26)27)23-14-5-3-2-4-6-14/h2-12,23-24H,1H3,(H2,22,25)(H,26,27). The van der Waals surface area contributed by atoms with Gasteiger partial charge < -0.3 is 21.5 Å². The van der Waals surface area contributed by atoms with Crippen molar-refractivity contribution in [1.29, 1.82) is 0 Å². The fourth-order valence-corrected chi connectivity index (χ4v) is 2.66. The number of carbonyl (C=O) groups excluding carboxylic acids is 1. The van der Waals surface area contributed by atoms with E-state index in [0.717, 1.165) is 11.3 Å². The molecule has 0 aliphatic rings. The van der Waals surface area contributed by atoms with E-state index in [-0.39, 0.29) is 11.1 Å². The molecule has 5 N–H and O–H groups in total. The number of aromatic carboxylic acids is 1. The Morgan fingerprint density at radius 3 is 1.89 bits per heavy atom. The van der Waals surface area contributed by atoms with E-state index >= 15 is 0 Å². The fraction of sp³-hybridized carbons (Fsp3) is 0.0476. The van der Waals surface area contributed by atoms with Gasteiger partial charge in [0.15, 0.2) is 0 Å². The number of hydrogen-bond donors (Lipinski definition) is 4. The first-order valence-electron chi connectivity index (χ1n) is 8.31. The van der Waals surface area contributed by atoms with Gasteiger partial charge in [0, 0.05) is 11.4 Å². The number of rotatable bonds is 6. The maximum atomic E-state index is 11.9. The molecule has 0 spiro atoms. The Labute approximate surface area is 156 Å². The molecule has 0 radical (unpaired) electrons. The summed E-state index contributed by atoms with van der Waals surface area (Å²) in [5, 5.41) is 15.7. The first-order chi connectivity index (χ1) is 12.9. The van der Waals surface area contributed by atoms with Crippen LogP contribution in [0, 0.1) is 6.92 Å². The lowest BCUT2D eigenvalue weighted by Gasteiger charge is -2.16. The molecule has 0 heterocycles. The predicted molar refractivity (Wildman–Crippen MR) is 106 cm³/mol. The quantitative estimate of drug-likeness (QED) is 0.524. The number of carboxylic acid groups (broad SMARTS) is 1. The molecular weight excluding hydrogens is 342 g/mol. The van der Waals surface area contributed by atoms with E-state index in [1.165, 1.54) is 12.1 Å². The summed E-state index contributed by atoms with van der Waals surface area (Å²) in [6, 6.07) is 19.5. The number of aryl methyl sites for hydroxylation is 1. The van der Waals surface area contributed by atoms with Crippen molar-refractivity contribution in [2.24, 2.45) is 5.73 Å². The van der Waals surface area contributed by atoms with Gasteiger partial charge in [0.2, 0.25) is 0 Å². The van der Waals surface area contributed by atoms with Crippen molar-refractivity contribution in [3.8, 4) is 0 Å². The highest BCUT2D eigenvalue weighted by molar-refractivity contribution is 6.05. The molecule has 0 saturated heterocycles. The Hall–Kier alpha value is -3.80. The van der Waals surface area contributed by atoms with Gasteiger partial charge in [-0.1, -0.05) is 35.9 Å². The number of amides is 1. The molecule has 1 amide bonds. The second kappa shape index (κ2) is 7.61. The summed E-state index contributed by atoms with van der Waals surface area (Å²) in [4.78, 5) is 23.7. The molecular formula is C21H19N3O3. The highest BCUT2D eigenvalue weighted by Gasteiger charge is 2.18. The normalized spacial score (nSPS) is 10.3. The molecule has 3 rings (SSSR count). The number of hydrogen-bond acceptors (Lipinski definition) is 4. The second-order valence-corrected chi connectivity index (χ2v) is 6.09. The zero-order chi connectivity index (χ0) is 19.4. The molecule has 136 valence electrons. The Kier molecular flexibility index (Phi) is 5.08. The molecule has 0 atom stereocenters. The van der Waals surface area contributed by atoms with Gasteiger partial charge in [-0.25, -0.2) is 4.79 Å². The molecule has 0 unspecified atom stereocenters. The van der Waals surface area contributed by atoms with Crippen LogP contribution in [0.5, 0.6) is 0 Å². The SMILES string of the molecule is Cc1ccc(Nc2cc(C(N)=O)c(Nc3ccccc3)cc2C(=O)O)cc1. The summed E-state index contributed by atoms with van der Waals surface area (Å²) >= 11 is 0. The number of nitrogens with one attached hydrogen (secondary N) is 2. The third-order valence-electron chi connectivity index (χ3n) is 4.04. The van der Waals surface area contributed by atoms with Crippen LogP contribution < -0.4 is 16.4 Å². The van der Waals surface area contributed by atoms with Crippen molar-refractivity contribution < 1.29 is 14.7 Å². The first-order valence-corrected chi connectivity index (χ1v) is 8.31. The monoisotopic (exact) mass is 361 g/mol. The lowest BCUT2D eigenvalue weighted by Crippen LogP contribution is -2.15. The maximum absolute atomic E-state index is 11.9. The Bertz CT molecular complexity index is 984. The minimum absolute atomic E-state index is 0.0269. The van der Waals surface area contributed by atoms with E-state index in [0.29, 0.717) is 17.1 Å². The van der Waals surface area contributed by atoms with Crippen LogP contribution in [-0.4, -0.2) is 17.0 Å². The number of nitrogens with two attached hydrogens (primary N) is 1. The maximum Gasteiger partial charge on any atom is 0.337 e. The minimum Gasteiger partial charge on any atom is -0.478 e. The molecule has 3 aromatic carbocycles. The van der Waals surface area contributed by atoms with Gasteiger partial charge in [0.1, 0.15) is 0 Å². The van der Waals surface area contributed by atoms with Gasteiger partial charge in [-0.15, -0.1) is 0 Å². The number of primary amides is 1. The van der Waals surface area contributed by atoms with E-state index < -0.39 is 11.9 Å². The van der Waals surface area contributed by atoms with Crippen molar-refractivity contribution in [3.63, 3.8) is 0 Å². The molecule has 6 heteroatoms. The number of anilines is 4. The summed E-state index contributed by atoms with van der Waals surface area (Å²) in [7, 11) is 0. The van der Waals surface area contributed by atoms with Crippen LogP contribution in [0.2, 0.25) is 0 Å². The molecule has 6 nitrogen and oxygen atoms in total. The van der Waals surface area contributed by atoms with Gasteiger partial charge in [0.25, 0.3) is 5.91 Å². The van der Waals surface area contributed by atoms with Crippen molar-refractivity contribution in [1.82, 2.24) is 0 Å². The fourth-order valence-electron chi connectivity index (χ4n) is 2.66. The van der Waals surface area contributed by atoms with Gasteiger partial charge in [0.05, 0.1) is 22.5 Å². The lowest BCUT2D eigenvalue weighted by atomic mass is 10.0. The Morgan fingerprint density at radius 1 is 0.815 bits per heavy atom. The third kappa shape index (κ3) is 4.24.